The Hall–Kier alpha value is -2.59. The van der Waals surface area contributed by atoms with Crippen molar-refractivity contribution in [2.24, 2.45) is 4.99 Å². The Balaban J connectivity index is 2.47. The van der Waals surface area contributed by atoms with Crippen LogP contribution in [0, 0.1) is 11.5 Å². The van der Waals surface area contributed by atoms with E-state index in [0.29, 0.717) is 22.7 Å². The molecule has 0 amide bonds. The van der Waals surface area contributed by atoms with Crippen LogP contribution in [0.5, 0.6) is 5.75 Å². The van der Waals surface area contributed by atoms with Crippen molar-refractivity contribution in [3.63, 3.8) is 0 Å². The zero-order valence-corrected chi connectivity index (χ0v) is 14.2. The number of ether oxygens (including phenoxy) is 2. The number of aliphatic hydroxyl groups is 1. The van der Waals surface area contributed by atoms with Gasteiger partial charge in [-0.2, -0.15) is 10.3 Å². The number of hydrogen-bond acceptors (Lipinski definition) is 6. The van der Waals surface area contributed by atoms with Gasteiger partial charge in [0.05, 0.1) is 18.2 Å². The standard InChI is InChI=1S/C17H21N3O4/c1-5-23-16(22)11-6-7-13-12(8-11)14(20-10(2)19-9-18)15(21)17(3,4)24-13/h6-8,14-15,21H,5H2,1-4H3,(H,19,20). The molecule has 128 valence electrons. The van der Waals surface area contributed by atoms with Gasteiger partial charge >= 0.3 is 5.97 Å². The highest BCUT2D eigenvalue weighted by Crippen LogP contribution is 2.40. The summed E-state index contributed by atoms with van der Waals surface area (Å²) in [5.41, 5.74) is 0.135. The van der Waals surface area contributed by atoms with Crippen molar-refractivity contribution in [3.05, 3.63) is 29.3 Å². The second kappa shape index (κ2) is 6.89. The van der Waals surface area contributed by atoms with Gasteiger partial charge in [-0.05, 0) is 45.9 Å². The Labute approximate surface area is 140 Å². The van der Waals surface area contributed by atoms with Crippen LogP contribution in [0.2, 0.25) is 0 Å². The number of aliphatic imine (C=N–C) groups is 1. The van der Waals surface area contributed by atoms with Gasteiger partial charge in [-0.25, -0.2) is 4.79 Å². The minimum Gasteiger partial charge on any atom is -0.485 e. The predicted octanol–water partition coefficient (Wildman–Crippen LogP) is 1.93. The molecule has 0 aliphatic carbocycles. The van der Waals surface area contributed by atoms with E-state index in [1.165, 1.54) is 0 Å². The van der Waals surface area contributed by atoms with Crippen LogP contribution in [-0.2, 0) is 4.74 Å². The molecule has 2 rings (SSSR count). The highest BCUT2D eigenvalue weighted by atomic mass is 16.5. The Bertz CT molecular complexity index is 706. The first-order chi connectivity index (χ1) is 11.3. The van der Waals surface area contributed by atoms with Crippen molar-refractivity contribution in [3.8, 4) is 11.9 Å². The Morgan fingerprint density at radius 3 is 2.88 bits per heavy atom. The number of rotatable bonds is 3. The van der Waals surface area contributed by atoms with E-state index in [0.717, 1.165) is 0 Å². The van der Waals surface area contributed by atoms with E-state index < -0.39 is 23.7 Å². The van der Waals surface area contributed by atoms with E-state index in [1.54, 1.807) is 52.1 Å². The molecule has 7 heteroatoms. The summed E-state index contributed by atoms with van der Waals surface area (Å²) < 4.78 is 10.9. The first-order valence-corrected chi connectivity index (χ1v) is 7.68. The van der Waals surface area contributed by atoms with Gasteiger partial charge in [0, 0.05) is 5.56 Å². The van der Waals surface area contributed by atoms with Crippen LogP contribution in [0.3, 0.4) is 0 Å². The lowest BCUT2D eigenvalue weighted by Gasteiger charge is -2.42. The van der Waals surface area contributed by atoms with E-state index in [4.69, 9.17) is 14.7 Å². The largest absolute Gasteiger partial charge is 0.485 e. The van der Waals surface area contributed by atoms with Gasteiger partial charge in [-0.3, -0.25) is 0 Å². The number of hydrogen-bond donors (Lipinski definition) is 2. The molecule has 2 atom stereocenters. The fourth-order valence-electron chi connectivity index (χ4n) is 2.63. The summed E-state index contributed by atoms with van der Waals surface area (Å²) in [5.74, 6) is 0.480. The predicted molar refractivity (Wildman–Crippen MR) is 87.7 cm³/mol. The summed E-state index contributed by atoms with van der Waals surface area (Å²) in [4.78, 5) is 15.6. The SMILES string of the molecule is CCOC(=O)c1ccc2c(c1)C(N/C(C)=N\C#N)C(O)C(C)(C)O2. The Morgan fingerprint density at radius 2 is 2.25 bits per heavy atom. The van der Waals surface area contributed by atoms with Gasteiger partial charge < -0.3 is 19.9 Å². The molecule has 0 fully saturated rings. The van der Waals surface area contributed by atoms with E-state index in [2.05, 4.69) is 10.3 Å². The average molecular weight is 331 g/mol. The summed E-state index contributed by atoms with van der Waals surface area (Å²) in [7, 11) is 0. The van der Waals surface area contributed by atoms with Crippen molar-refractivity contribution < 1.29 is 19.4 Å². The number of carbonyl (C=O) groups excluding carboxylic acids is 1. The van der Waals surface area contributed by atoms with E-state index in [-0.39, 0.29) is 6.61 Å². The minimum atomic E-state index is -0.911. The van der Waals surface area contributed by atoms with Crippen molar-refractivity contribution in [1.29, 1.82) is 5.26 Å². The van der Waals surface area contributed by atoms with Gasteiger partial charge in [0.1, 0.15) is 23.3 Å². The van der Waals surface area contributed by atoms with Crippen LogP contribution in [0.4, 0.5) is 0 Å². The molecule has 0 saturated carbocycles. The summed E-state index contributed by atoms with van der Waals surface area (Å²) in [5, 5.41) is 22.4. The Kier molecular flexibility index (Phi) is 5.10. The minimum absolute atomic E-state index is 0.275. The lowest BCUT2D eigenvalue weighted by molar-refractivity contribution is -0.0610. The van der Waals surface area contributed by atoms with Crippen LogP contribution in [0.25, 0.3) is 0 Å². The molecule has 1 aliphatic heterocycles. The van der Waals surface area contributed by atoms with Gasteiger partial charge in [-0.15, -0.1) is 0 Å². The summed E-state index contributed by atoms with van der Waals surface area (Å²) in [6.45, 7) is 7.18. The number of esters is 1. The van der Waals surface area contributed by atoms with Gasteiger partial charge in [0.2, 0.25) is 6.19 Å². The molecule has 24 heavy (non-hydrogen) atoms. The number of amidine groups is 1. The van der Waals surface area contributed by atoms with Crippen LogP contribution < -0.4 is 10.1 Å². The number of nitrogens with one attached hydrogen (secondary N) is 1. The molecule has 0 spiro atoms. The monoisotopic (exact) mass is 331 g/mol. The molecule has 7 nitrogen and oxygen atoms in total. The molecular weight excluding hydrogens is 310 g/mol. The number of aliphatic hydroxyl groups excluding tert-OH is 1. The maximum absolute atomic E-state index is 12.0. The van der Waals surface area contributed by atoms with E-state index in [1.807, 2.05) is 0 Å². The lowest BCUT2D eigenvalue weighted by Crippen LogP contribution is -2.53. The number of benzene rings is 1. The smallest absolute Gasteiger partial charge is 0.338 e. The van der Waals surface area contributed by atoms with Gasteiger partial charge in [0.15, 0.2) is 0 Å². The molecule has 0 bridgehead atoms. The summed E-state index contributed by atoms with van der Waals surface area (Å²) >= 11 is 0. The van der Waals surface area contributed by atoms with E-state index in [9.17, 15) is 9.90 Å². The zero-order chi connectivity index (χ0) is 17.9. The highest BCUT2D eigenvalue weighted by Gasteiger charge is 2.43. The molecule has 1 aromatic carbocycles. The molecule has 0 aromatic heterocycles. The maximum atomic E-state index is 12.0. The average Bonchev–Trinajstić information content (AvgIpc) is 2.51. The molecule has 1 heterocycles. The number of nitrogens with zero attached hydrogens (tertiary/aromatic N) is 2. The number of carbonyl (C=O) groups is 1. The maximum Gasteiger partial charge on any atom is 0.338 e. The Morgan fingerprint density at radius 1 is 1.54 bits per heavy atom. The number of fused-ring (bicyclic) bond motifs is 1. The topological polar surface area (TPSA) is 104 Å². The third-order valence-corrected chi connectivity index (χ3v) is 3.84. The lowest BCUT2D eigenvalue weighted by atomic mass is 9.86. The molecule has 1 aromatic rings. The summed E-state index contributed by atoms with van der Waals surface area (Å²) in [6, 6.07) is 4.36. The molecule has 1 aliphatic rings. The van der Waals surface area contributed by atoms with E-state index >= 15 is 0 Å². The highest BCUT2D eigenvalue weighted by molar-refractivity contribution is 5.90. The number of nitriles is 1. The van der Waals surface area contributed by atoms with Crippen molar-refractivity contribution >= 4 is 11.8 Å². The summed E-state index contributed by atoms with van der Waals surface area (Å²) in [6.07, 6.45) is 0.791. The van der Waals surface area contributed by atoms with Crippen LogP contribution in [0.15, 0.2) is 23.2 Å². The van der Waals surface area contributed by atoms with Crippen LogP contribution >= 0.6 is 0 Å². The normalized spacial score (nSPS) is 21.9. The third-order valence-electron chi connectivity index (χ3n) is 3.84. The van der Waals surface area contributed by atoms with Crippen molar-refractivity contribution in [1.82, 2.24) is 5.32 Å². The quantitative estimate of drug-likeness (QED) is 0.379. The van der Waals surface area contributed by atoms with Crippen LogP contribution in [0.1, 0.15) is 49.7 Å². The fraction of sp³-hybridized carbons (Fsp3) is 0.471. The second-order valence-corrected chi connectivity index (χ2v) is 6.04. The first kappa shape index (κ1) is 17.8. The van der Waals surface area contributed by atoms with Crippen molar-refractivity contribution in [2.45, 2.75) is 45.4 Å². The fourth-order valence-corrected chi connectivity index (χ4v) is 2.63. The van der Waals surface area contributed by atoms with Gasteiger partial charge in [0.25, 0.3) is 0 Å². The second-order valence-electron chi connectivity index (χ2n) is 6.04. The molecule has 0 saturated heterocycles. The van der Waals surface area contributed by atoms with Crippen LogP contribution in [-0.4, -0.2) is 35.2 Å². The third kappa shape index (κ3) is 3.49. The van der Waals surface area contributed by atoms with Crippen molar-refractivity contribution in [2.75, 3.05) is 6.61 Å². The molecule has 2 unspecified atom stereocenters. The molecule has 0 radical (unpaired) electrons. The zero-order valence-electron chi connectivity index (χ0n) is 14.2. The molecule has 2 N–H and O–H groups in total. The first-order valence-electron chi connectivity index (χ1n) is 7.68. The van der Waals surface area contributed by atoms with Gasteiger partial charge in [-0.1, -0.05) is 0 Å². The molecular formula is C17H21N3O4.